The number of aromatic nitrogens is 1. The molecule has 10 heteroatoms. The molecule has 3 aromatic rings. The largest absolute Gasteiger partial charge is 0.490 e. The molecule has 1 fully saturated rings. The van der Waals surface area contributed by atoms with Gasteiger partial charge in [-0.15, -0.1) is 0 Å². The van der Waals surface area contributed by atoms with E-state index in [1.165, 1.54) is 0 Å². The van der Waals surface area contributed by atoms with Gasteiger partial charge >= 0.3 is 12.1 Å². The van der Waals surface area contributed by atoms with Crippen molar-refractivity contribution in [3.8, 4) is 11.5 Å². The van der Waals surface area contributed by atoms with Crippen LogP contribution in [-0.2, 0) is 16.0 Å². The second-order valence-electron chi connectivity index (χ2n) is 9.20. The number of ether oxygens (including phenoxy) is 3. The molecular formula is C26H24ClF3N2O4. The maximum absolute atomic E-state index is 13.0. The Morgan fingerprint density at radius 3 is 2.78 bits per heavy atom. The first-order valence-corrected chi connectivity index (χ1v) is 12.0. The quantitative estimate of drug-likeness (QED) is 0.416. The summed E-state index contributed by atoms with van der Waals surface area (Å²) in [5.74, 6) is -0.919. The number of carbonyl (C=O) groups is 1. The van der Waals surface area contributed by atoms with E-state index in [1.54, 1.807) is 36.7 Å². The summed E-state index contributed by atoms with van der Waals surface area (Å²) in [4.78, 5) is 17.7. The van der Waals surface area contributed by atoms with Crippen LogP contribution < -0.4 is 9.47 Å². The number of pyridine rings is 1. The molecule has 5 rings (SSSR count). The van der Waals surface area contributed by atoms with Crippen LogP contribution in [0.5, 0.6) is 11.5 Å². The average Bonchev–Trinajstić information content (AvgIpc) is 3.20. The molecule has 2 aliphatic rings. The van der Waals surface area contributed by atoms with Crippen LogP contribution in [0.3, 0.4) is 0 Å². The molecule has 36 heavy (non-hydrogen) atoms. The summed E-state index contributed by atoms with van der Waals surface area (Å²) in [6.07, 6.45) is -0.790. The molecule has 6 nitrogen and oxygen atoms in total. The maximum Gasteiger partial charge on any atom is 0.490 e. The van der Waals surface area contributed by atoms with Crippen molar-refractivity contribution in [3.63, 3.8) is 0 Å². The summed E-state index contributed by atoms with van der Waals surface area (Å²) in [5, 5.41) is 2.26. The number of nitrogens with zero attached hydrogens (tertiary/aromatic N) is 2. The molecule has 1 aromatic heterocycles. The SMILES string of the molecule is O=C(OC(COc1cccc2cnccc12)CN1CCC2(CC1)Cc1cc(Cl)ccc1O2)C(F)(F)F. The molecule has 3 heterocycles. The van der Waals surface area contributed by atoms with Crippen molar-refractivity contribution < 1.29 is 32.2 Å². The van der Waals surface area contributed by atoms with Crippen molar-refractivity contribution in [3.05, 3.63) is 65.4 Å². The van der Waals surface area contributed by atoms with Crippen molar-refractivity contribution >= 4 is 28.3 Å². The fourth-order valence-corrected chi connectivity index (χ4v) is 5.05. The van der Waals surface area contributed by atoms with E-state index >= 15 is 0 Å². The number of carbonyl (C=O) groups excluding carboxylic acids is 1. The lowest BCUT2D eigenvalue weighted by molar-refractivity contribution is -0.206. The molecule has 0 saturated carbocycles. The molecule has 1 spiro atoms. The number of benzene rings is 2. The average molecular weight is 521 g/mol. The highest BCUT2D eigenvalue weighted by Crippen LogP contribution is 2.42. The predicted molar refractivity (Wildman–Crippen MR) is 127 cm³/mol. The van der Waals surface area contributed by atoms with E-state index in [1.807, 2.05) is 23.1 Å². The van der Waals surface area contributed by atoms with Gasteiger partial charge in [0.1, 0.15) is 29.8 Å². The Hall–Kier alpha value is -3.04. The predicted octanol–water partition coefficient (Wildman–Crippen LogP) is 5.21. The van der Waals surface area contributed by atoms with Crippen LogP contribution in [0.1, 0.15) is 18.4 Å². The molecule has 1 saturated heterocycles. The van der Waals surface area contributed by atoms with E-state index in [9.17, 15) is 18.0 Å². The first-order chi connectivity index (χ1) is 17.2. The van der Waals surface area contributed by atoms with Gasteiger partial charge in [-0.05, 0) is 35.9 Å². The van der Waals surface area contributed by atoms with Crippen LogP contribution in [0.2, 0.25) is 5.02 Å². The number of esters is 1. The summed E-state index contributed by atoms with van der Waals surface area (Å²) in [6.45, 7) is 1.07. The highest BCUT2D eigenvalue weighted by atomic mass is 35.5. The zero-order chi connectivity index (χ0) is 25.3. The number of fused-ring (bicyclic) bond motifs is 2. The van der Waals surface area contributed by atoms with Crippen molar-refractivity contribution in [2.24, 2.45) is 0 Å². The van der Waals surface area contributed by atoms with Gasteiger partial charge in [0.05, 0.1) is 0 Å². The van der Waals surface area contributed by atoms with Crippen LogP contribution in [0.15, 0.2) is 54.9 Å². The second kappa shape index (κ2) is 9.78. The van der Waals surface area contributed by atoms with Crippen LogP contribution in [0.25, 0.3) is 10.8 Å². The van der Waals surface area contributed by atoms with Gasteiger partial charge in [0, 0.05) is 67.1 Å². The molecule has 0 N–H and O–H groups in total. The van der Waals surface area contributed by atoms with Gasteiger partial charge < -0.3 is 14.2 Å². The van der Waals surface area contributed by atoms with E-state index < -0.39 is 18.2 Å². The zero-order valence-electron chi connectivity index (χ0n) is 19.3. The molecule has 2 aliphatic heterocycles. The molecule has 0 radical (unpaired) electrons. The molecule has 0 bridgehead atoms. The smallest absolute Gasteiger partial charge is 0.489 e. The minimum Gasteiger partial charge on any atom is -0.489 e. The zero-order valence-corrected chi connectivity index (χ0v) is 20.0. The fourth-order valence-electron chi connectivity index (χ4n) is 4.86. The molecule has 0 amide bonds. The first-order valence-electron chi connectivity index (χ1n) is 11.6. The fraction of sp³-hybridized carbons (Fsp3) is 0.385. The standard InChI is InChI=1S/C26H24ClF3N2O4/c27-19-4-5-22-18(12-19)13-25(36-22)7-10-32(11-8-25)15-20(35-24(33)26(28,29)30)16-34-23-3-1-2-17-14-31-9-6-21(17)23/h1-6,9,12,14,20H,7-8,10-11,13,15-16H2. The van der Waals surface area contributed by atoms with E-state index in [-0.39, 0.29) is 18.8 Å². The minimum atomic E-state index is -5.08. The second-order valence-corrected chi connectivity index (χ2v) is 9.64. The highest BCUT2D eigenvalue weighted by molar-refractivity contribution is 6.30. The number of hydrogen-bond acceptors (Lipinski definition) is 6. The number of halogens is 4. The summed E-state index contributed by atoms with van der Waals surface area (Å²) >= 11 is 6.11. The van der Waals surface area contributed by atoms with Gasteiger partial charge in [-0.2, -0.15) is 13.2 Å². The first kappa shape index (κ1) is 24.6. The van der Waals surface area contributed by atoms with E-state index in [2.05, 4.69) is 4.98 Å². The summed E-state index contributed by atoms with van der Waals surface area (Å²) in [6, 6.07) is 12.7. The Balaban J connectivity index is 1.24. The summed E-state index contributed by atoms with van der Waals surface area (Å²) in [7, 11) is 0. The van der Waals surface area contributed by atoms with E-state index in [0.717, 1.165) is 28.5 Å². The van der Waals surface area contributed by atoms with Gasteiger partial charge in [-0.3, -0.25) is 9.88 Å². The molecule has 190 valence electrons. The number of alkyl halides is 3. The van der Waals surface area contributed by atoms with Crippen LogP contribution >= 0.6 is 11.6 Å². The van der Waals surface area contributed by atoms with Gasteiger partial charge in [0.2, 0.25) is 0 Å². The molecular weight excluding hydrogens is 497 g/mol. The third-order valence-electron chi connectivity index (χ3n) is 6.66. The Kier molecular flexibility index (Phi) is 6.70. The van der Waals surface area contributed by atoms with Crippen molar-refractivity contribution in [2.45, 2.75) is 37.1 Å². The number of hydrogen-bond donors (Lipinski definition) is 0. The Morgan fingerprint density at radius 2 is 2.00 bits per heavy atom. The molecule has 2 aromatic carbocycles. The van der Waals surface area contributed by atoms with E-state index in [4.69, 9.17) is 25.8 Å². The topological polar surface area (TPSA) is 60.9 Å². The lowest BCUT2D eigenvalue weighted by atomic mass is 9.87. The lowest BCUT2D eigenvalue weighted by Crippen LogP contribution is -2.50. The van der Waals surface area contributed by atoms with Crippen LogP contribution in [0.4, 0.5) is 13.2 Å². The third-order valence-corrected chi connectivity index (χ3v) is 6.90. The van der Waals surface area contributed by atoms with Crippen molar-refractivity contribution in [2.75, 3.05) is 26.2 Å². The van der Waals surface area contributed by atoms with Gasteiger partial charge in [0.15, 0.2) is 0 Å². The minimum absolute atomic E-state index is 0.114. The van der Waals surface area contributed by atoms with Crippen LogP contribution in [-0.4, -0.2) is 60.0 Å². The Bertz CT molecular complexity index is 1260. The lowest BCUT2D eigenvalue weighted by Gasteiger charge is -2.39. The van der Waals surface area contributed by atoms with Crippen LogP contribution in [0, 0.1) is 0 Å². The normalized spacial score (nSPS) is 18.0. The number of likely N-dealkylation sites (tertiary alicyclic amines) is 1. The summed E-state index contributed by atoms with van der Waals surface area (Å²) in [5.41, 5.74) is 0.710. The third kappa shape index (κ3) is 5.37. The van der Waals surface area contributed by atoms with Gasteiger partial charge in [-0.25, -0.2) is 4.79 Å². The maximum atomic E-state index is 13.0. The number of piperidine rings is 1. The van der Waals surface area contributed by atoms with Gasteiger partial charge in [0.25, 0.3) is 0 Å². The monoisotopic (exact) mass is 520 g/mol. The van der Waals surface area contributed by atoms with Crippen molar-refractivity contribution in [1.82, 2.24) is 9.88 Å². The highest BCUT2D eigenvalue weighted by Gasteiger charge is 2.44. The molecule has 0 aliphatic carbocycles. The van der Waals surface area contributed by atoms with E-state index in [0.29, 0.717) is 36.7 Å². The Morgan fingerprint density at radius 1 is 1.19 bits per heavy atom. The van der Waals surface area contributed by atoms with Gasteiger partial charge in [-0.1, -0.05) is 23.7 Å². The number of rotatable bonds is 6. The summed E-state index contributed by atoms with van der Waals surface area (Å²) < 4.78 is 55.8. The molecule has 1 atom stereocenters. The van der Waals surface area contributed by atoms with Crippen molar-refractivity contribution in [1.29, 1.82) is 0 Å². The Labute approximate surface area is 210 Å². The molecule has 1 unspecified atom stereocenters.